The molecule has 0 unspecified atom stereocenters. The van der Waals surface area contributed by atoms with Crippen LogP contribution in [0.15, 0.2) is 0 Å². The predicted octanol–water partition coefficient (Wildman–Crippen LogP) is 0.274. The monoisotopic (exact) mass is 297 g/mol. The Hall–Kier alpha value is -1.14. The number of rotatable bonds is 5. The SMILES string of the molecule is CC[C@@]1(C(=O)NCCN2CCOCC2)CCCCC(=O)N1. The van der Waals surface area contributed by atoms with E-state index >= 15 is 0 Å². The van der Waals surface area contributed by atoms with E-state index in [2.05, 4.69) is 15.5 Å². The second-order valence-corrected chi connectivity index (χ2v) is 5.90. The number of morpholine rings is 1. The fourth-order valence-electron chi connectivity index (χ4n) is 3.02. The Morgan fingerprint density at radius 2 is 2.14 bits per heavy atom. The number of carbonyl (C=O) groups is 2. The van der Waals surface area contributed by atoms with Gasteiger partial charge in [0.25, 0.3) is 0 Å². The molecule has 6 nitrogen and oxygen atoms in total. The molecule has 0 saturated carbocycles. The van der Waals surface area contributed by atoms with Gasteiger partial charge in [0.2, 0.25) is 11.8 Å². The van der Waals surface area contributed by atoms with Gasteiger partial charge in [0.1, 0.15) is 5.54 Å². The highest BCUT2D eigenvalue weighted by Crippen LogP contribution is 2.23. The molecule has 0 bridgehead atoms. The predicted molar refractivity (Wildman–Crippen MR) is 79.9 cm³/mol. The lowest BCUT2D eigenvalue weighted by molar-refractivity contribution is -0.133. The number of ether oxygens (including phenoxy) is 1. The molecular weight excluding hydrogens is 270 g/mol. The molecule has 2 aliphatic rings. The van der Waals surface area contributed by atoms with E-state index in [1.165, 1.54) is 0 Å². The molecule has 0 aliphatic carbocycles. The van der Waals surface area contributed by atoms with Crippen LogP contribution in [0.3, 0.4) is 0 Å². The summed E-state index contributed by atoms with van der Waals surface area (Å²) in [4.78, 5) is 26.6. The maximum absolute atomic E-state index is 12.5. The van der Waals surface area contributed by atoms with Gasteiger partial charge in [-0.2, -0.15) is 0 Å². The average Bonchev–Trinajstić information content (AvgIpc) is 2.70. The van der Waals surface area contributed by atoms with Crippen molar-refractivity contribution in [1.29, 1.82) is 0 Å². The van der Waals surface area contributed by atoms with Crippen LogP contribution in [0.1, 0.15) is 39.0 Å². The molecule has 2 N–H and O–H groups in total. The first-order chi connectivity index (χ1) is 10.2. The first kappa shape index (κ1) is 16.2. The molecule has 0 radical (unpaired) electrons. The van der Waals surface area contributed by atoms with E-state index in [1.807, 2.05) is 6.92 Å². The number of nitrogens with zero attached hydrogens (tertiary/aromatic N) is 1. The van der Waals surface area contributed by atoms with Gasteiger partial charge in [-0.3, -0.25) is 14.5 Å². The summed E-state index contributed by atoms with van der Waals surface area (Å²) in [5, 5.41) is 5.95. The molecule has 0 spiro atoms. The molecule has 2 fully saturated rings. The van der Waals surface area contributed by atoms with Crippen LogP contribution in [0.5, 0.6) is 0 Å². The summed E-state index contributed by atoms with van der Waals surface area (Å²) in [6.45, 7) is 6.80. The average molecular weight is 297 g/mol. The molecular formula is C15H27N3O3. The summed E-state index contributed by atoms with van der Waals surface area (Å²) in [5.41, 5.74) is -0.710. The summed E-state index contributed by atoms with van der Waals surface area (Å²) in [6.07, 6.45) is 3.70. The van der Waals surface area contributed by atoms with Crippen molar-refractivity contribution in [3.05, 3.63) is 0 Å². The molecule has 2 amide bonds. The zero-order chi connectivity index (χ0) is 15.1. The number of hydrogen-bond donors (Lipinski definition) is 2. The van der Waals surface area contributed by atoms with Crippen LogP contribution in [0.4, 0.5) is 0 Å². The Morgan fingerprint density at radius 3 is 2.86 bits per heavy atom. The molecule has 1 atom stereocenters. The summed E-state index contributed by atoms with van der Waals surface area (Å²) in [5.74, 6) is -0.0359. The van der Waals surface area contributed by atoms with Gasteiger partial charge in [-0.25, -0.2) is 0 Å². The van der Waals surface area contributed by atoms with E-state index in [0.717, 1.165) is 52.1 Å². The molecule has 21 heavy (non-hydrogen) atoms. The lowest BCUT2D eigenvalue weighted by atomic mass is 9.89. The molecule has 6 heteroatoms. The molecule has 0 aromatic heterocycles. The van der Waals surface area contributed by atoms with E-state index in [4.69, 9.17) is 4.74 Å². The van der Waals surface area contributed by atoms with Crippen molar-refractivity contribution in [2.24, 2.45) is 0 Å². The van der Waals surface area contributed by atoms with Crippen LogP contribution in [0, 0.1) is 0 Å². The van der Waals surface area contributed by atoms with Gasteiger partial charge in [0.05, 0.1) is 13.2 Å². The molecule has 0 aromatic carbocycles. The van der Waals surface area contributed by atoms with E-state index in [-0.39, 0.29) is 11.8 Å². The lowest BCUT2D eigenvalue weighted by Gasteiger charge is -2.32. The third kappa shape index (κ3) is 4.41. The van der Waals surface area contributed by atoms with E-state index < -0.39 is 5.54 Å². The first-order valence-electron chi connectivity index (χ1n) is 8.06. The quantitative estimate of drug-likeness (QED) is 0.764. The van der Waals surface area contributed by atoms with Crippen LogP contribution in [0.25, 0.3) is 0 Å². The van der Waals surface area contributed by atoms with Gasteiger partial charge in [0.15, 0.2) is 0 Å². The van der Waals surface area contributed by atoms with Gasteiger partial charge < -0.3 is 15.4 Å². The van der Waals surface area contributed by atoms with Crippen molar-refractivity contribution >= 4 is 11.8 Å². The van der Waals surface area contributed by atoms with E-state index in [0.29, 0.717) is 19.4 Å². The minimum Gasteiger partial charge on any atom is -0.379 e. The Kier molecular flexibility index (Phi) is 5.99. The lowest BCUT2D eigenvalue weighted by Crippen LogP contribution is -2.58. The highest BCUT2D eigenvalue weighted by Gasteiger charge is 2.38. The smallest absolute Gasteiger partial charge is 0.245 e. The topological polar surface area (TPSA) is 70.7 Å². The molecule has 2 aliphatic heterocycles. The van der Waals surface area contributed by atoms with Crippen LogP contribution in [0.2, 0.25) is 0 Å². The van der Waals surface area contributed by atoms with Crippen molar-refractivity contribution < 1.29 is 14.3 Å². The largest absolute Gasteiger partial charge is 0.379 e. The van der Waals surface area contributed by atoms with Crippen molar-refractivity contribution in [2.75, 3.05) is 39.4 Å². The van der Waals surface area contributed by atoms with Crippen molar-refractivity contribution in [2.45, 2.75) is 44.6 Å². The third-order valence-corrected chi connectivity index (χ3v) is 4.49. The van der Waals surface area contributed by atoms with Crippen molar-refractivity contribution in [3.8, 4) is 0 Å². The number of hydrogen-bond acceptors (Lipinski definition) is 4. The van der Waals surface area contributed by atoms with Crippen LogP contribution in [-0.4, -0.2) is 61.6 Å². The van der Waals surface area contributed by atoms with Crippen molar-refractivity contribution in [3.63, 3.8) is 0 Å². The van der Waals surface area contributed by atoms with Gasteiger partial charge in [0, 0.05) is 32.6 Å². The normalized spacial score (nSPS) is 27.8. The standard InChI is InChI=1S/C15H27N3O3/c1-2-15(6-4-3-5-13(19)17-15)14(20)16-7-8-18-9-11-21-12-10-18/h2-12H2,1H3,(H,16,20)(H,17,19)/t15-/m0/s1. The van der Waals surface area contributed by atoms with Crippen LogP contribution < -0.4 is 10.6 Å². The summed E-state index contributed by atoms with van der Waals surface area (Å²) >= 11 is 0. The fourth-order valence-corrected chi connectivity index (χ4v) is 3.02. The number of nitrogens with one attached hydrogen (secondary N) is 2. The van der Waals surface area contributed by atoms with E-state index in [9.17, 15) is 9.59 Å². The zero-order valence-electron chi connectivity index (χ0n) is 13.0. The highest BCUT2D eigenvalue weighted by atomic mass is 16.5. The van der Waals surface area contributed by atoms with Crippen LogP contribution >= 0.6 is 0 Å². The van der Waals surface area contributed by atoms with E-state index in [1.54, 1.807) is 0 Å². The highest BCUT2D eigenvalue weighted by molar-refractivity contribution is 5.91. The van der Waals surface area contributed by atoms with Gasteiger partial charge >= 0.3 is 0 Å². The molecule has 2 saturated heterocycles. The Labute approximate surface area is 126 Å². The molecule has 120 valence electrons. The second-order valence-electron chi connectivity index (χ2n) is 5.90. The second kappa shape index (κ2) is 7.75. The van der Waals surface area contributed by atoms with Crippen molar-refractivity contribution in [1.82, 2.24) is 15.5 Å². The maximum Gasteiger partial charge on any atom is 0.245 e. The minimum atomic E-state index is -0.710. The minimum absolute atomic E-state index is 0.00215. The molecule has 2 heterocycles. The first-order valence-corrected chi connectivity index (χ1v) is 8.06. The summed E-state index contributed by atoms with van der Waals surface area (Å²) < 4.78 is 5.30. The van der Waals surface area contributed by atoms with Gasteiger partial charge in [-0.05, 0) is 19.3 Å². The summed E-state index contributed by atoms with van der Waals surface area (Å²) in [7, 11) is 0. The van der Waals surface area contributed by atoms with Crippen LogP contribution in [-0.2, 0) is 14.3 Å². The molecule has 0 aromatic rings. The van der Waals surface area contributed by atoms with Gasteiger partial charge in [-0.15, -0.1) is 0 Å². The Balaban J connectivity index is 1.82. The fraction of sp³-hybridized carbons (Fsp3) is 0.867. The number of amides is 2. The van der Waals surface area contributed by atoms with Gasteiger partial charge in [-0.1, -0.05) is 13.3 Å². The number of carbonyl (C=O) groups excluding carboxylic acids is 2. The zero-order valence-corrected chi connectivity index (χ0v) is 13.0. The maximum atomic E-state index is 12.5. The Bertz CT molecular complexity index is 369. The summed E-state index contributed by atoms with van der Waals surface area (Å²) in [6, 6.07) is 0. The molecule has 2 rings (SSSR count). The Morgan fingerprint density at radius 1 is 1.38 bits per heavy atom. The third-order valence-electron chi connectivity index (χ3n) is 4.49.